The highest BCUT2D eigenvalue weighted by Crippen LogP contribution is 2.27. The van der Waals surface area contributed by atoms with Gasteiger partial charge in [0, 0.05) is 23.1 Å². The van der Waals surface area contributed by atoms with Crippen molar-refractivity contribution < 1.29 is 5.21 Å². The number of hydrogen-bond acceptors (Lipinski definition) is 3. The number of unbranched alkanes of at least 4 members (excludes halogenated alkanes) is 1. The summed E-state index contributed by atoms with van der Waals surface area (Å²) in [6.45, 7) is 6.32. The Hall–Kier alpha value is -1.23. The molecule has 1 aromatic carbocycles. The van der Waals surface area contributed by atoms with Gasteiger partial charge in [-0.05, 0) is 47.5 Å². The van der Waals surface area contributed by atoms with E-state index in [1.165, 1.54) is 12.8 Å². The van der Waals surface area contributed by atoms with Gasteiger partial charge in [-0.3, -0.25) is 0 Å². The lowest BCUT2D eigenvalue weighted by Gasteiger charge is -2.24. The Morgan fingerprint density at radius 3 is 2.67 bits per heavy atom. The van der Waals surface area contributed by atoms with Gasteiger partial charge >= 0.3 is 0 Å². The largest absolute Gasteiger partial charge is 0.409 e. The average molecular weight is 314 g/mol. The normalized spacial score (nSPS) is 11.6. The first-order valence-corrected chi connectivity index (χ1v) is 6.95. The number of hydrogen-bond donors (Lipinski definition) is 2. The van der Waals surface area contributed by atoms with Crippen LogP contribution in [0.4, 0.5) is 5.69 Å². The summed E-state index contributed by atoms with van der Waals surface area (Å²) in [5.74, 6) is 0.124. The summed E-state index contributed by atoms with van der Waals surface area (Å²) >= 11 is 3.54. The van der Waals surface area contributed by atoms with Gasteiger partial charge in [-0.15, -0.1) is 0 Å². The molecule has 0 atom stereocenters. The number of nitrogens with zero attached hydrogens (tertiary/aromatic N) is 2. The molecule has 0 aromatic heterocycles. The minimum atomic E-state index is 0.124. The van der Waals surface area contributed by atoms with Crippen LogP contribution in [0.2, 0.25) is 0 Å². The van der Waals surface area contributed by atoms with Crippen molar-refractivity contribution in [1.82, 2.24) is 0 Å². The number of rotatable bonds is 6. The molecule has 0 unspecified atom stereocenters. The van der Waals surface area contributed by atoms with Crippen LogP contribution in [0.3, 0.4) is 0 Å². The summed E-state index contributed by atoms with van der Waals surface area (Å²) in [6.07, 6.45) is 2.35. The highest BCUT2D eigenvalue weighted by atomic mass is 79.9. The molecule has 5 heteroatoms. The monoisotopic (exact) mass is 313 g/mol. The third kappa shape index (κ3) is 3.63. The number of anilines is 1. The lowest BCUT2D eigenvalue weighted by Crippen LogP contribution is -2.24. The standard InChI is InChI=1S/C13H20BrN3O/c1-3-5-8-17(4-2)12-7-6-10(9-11(12)14)13(15)16-18/h6-7,9,18H,3-5,8H2,1-2H3,(H2,15,16). The quantitative estimate of drug-likeness (QED) is 0.367. The minimum Gasteiger partial charge on any atom is -0.409 e. The molecular formula is C13H20BrN3O. The van der Waals surface area contributed by atoms with E-state index in [2.05, 4.69) is 39.8 Å². The van der Waals surface area contributed by atoms with Gasteiger partial charge in [0.1, 0.15) is 0 Å². The summed E-state index contributed by atoms with van der Waals surface area (Å²) < 4.78 is 0.963. The van der Waals surface area contributed by atoms with Crippen molar-refractivity contribution in [3.05, 3.63) is 28.2 Å². The van der Waals surface area contributed by atoms with E-state index in [-0.39, 0.29) is 5.84 Å². The van der Waals surface area contributed by atoms with Gasteiger partial charge in [-0.1, -0.05) is 18.5 Å². The number of halogens is 1. The predicted molar refractivity (Wildman–Crippen MR) is 79.4 cm³/mol. The van der Waals surface area contributed by atoms with Crippen molar-refractivity contribution in [1.29, 1.82) is 0 Å². The molecule has 1 rings (SSSR count). The molecule has 18 heavy (non-hydrogen) atoms. The van der Waals surface area contributed by atoms with Crippen LogP contribution >= 0.6 is 15.9 Å². The lowest BCUT2D eigenvalue weighted by molar-refractivity contribution is 0.318. The Kier molecular flexibility index (Phi) is 5.98. The molecule has 0 heterocycles. The molecule has 0 aliphatic carbocycles. The summed E-state index contributed by atoms with van der Waals surface area (Å²) in [5, 5.41) is 11.7. The van der Waals surface area contributed by atoms with E-state index in [0.717, 1.165) is 23.2 Å². The van der Waals surface area contributed by atoms with E-state index in [0.29, 0.717) is 5.56 Å². The van der Waals surface area contributed by atoms with E-state index in [9.17, 15) is 0 Å². The Labute approximate surface area is 117 Å². The summed E-state index contributed by atoms with van der Waals surface area (Å²) in [7, 11) is 0. The summed E-state index contributed by atoms with van der Waals surface area (Å²) in [6, 6.07) is 5.74. The Morgan fingerprint density at radius 2 is 2.17 bits per heavy atom. The highest BCUT2D eigenvalue weighted by Gasteiger charge is 2.10. The third-order valence-corrected chi connectivity index (χ3v) is 3.49. The van der Waals surface area contributed by atoms with Crippen LogP contribution < -0.4 is 10.6 Å². The number of benzene rings is 1. The van der Waals surface area contributed by atoms with Gasteiger partial charge in [0.25, 0.3) is 0 Å². The first-order chi connectivity index (χ1) is 8.63. The van der Waals surface area contributed by atoms with Crippen LogP contribution in [0.25, 0.3) is 0 Å². The highest BCUT2D eigenvalue weighted by molar-refractivity contribution is 9.10. The van der Waals surface area contributed by atoms with E-state index in [4.69, 9.17) is 10.9 Å². The van der Waals surface area contributed by atoms with Crippen molar-refractivity contribution in [3.8, 4) is 0 Å². The molecule has 0 aliphatic heterocycles. The molecule has 0 radical (unpaired) electrons. The molecule has 0 bridgehead atoms. The van der Waals surface area contributed by atoms with Crippen LogP contribution in [0, 0.1) is 0 Å². The topological polar surface area (TPSA) is 61.8 Å². The maximum Gasteiger partial charge on any atom is 0.170 e. The SMILES string of the molecule is CCCCN(CC)c1ccc(/C(N)=N/O)cc1Br. The second-order valence-corrected chi connectivity index (χ2v) is 4.94. The number of nitrogens with two attached hydrogens (primary N) is 1. The van der Waals surface area contributed by atoms with Crippen LogP contribution in [0.15, 0.2) is 27.8 Å². The molecule has 0 saturated carbocycles. The molecule has 0 saturated heterocycles. The van der Waals surface area contributed by atoms with Crippen molar-refractivity contribution >= 4 is 27.5 Å². The third-order valence-electron chi connectivity index (χ3n) is 2.86. The maximum atomic E-state index is 8.66. The Bertz CT molecular complexity index is 421. The first-order valence-electron chi connectivity index (χ1n) is 6.16. The van der Waals surface area contributed by atoms with Crippen molar-refractivity contribution in [3.63, 3.8) is 0 Å². The molecule has 0 aliphatic rings. The van der Waals surface area contributed by atoms with Gasteiger partial charge in [0.2, 0.25) is 0 Å². The van der Waals surface area contributed by atoms with E-state index in [1.54, 1.807) is 0 Å². The minimum absolute atomic E-state index is 0.124. The average Bonchev–Trinajstić information content (AvgIpc) is 2.40. The van der Waals surface area contributed by atoms with Crippen LogP contribution in [0.5, 0.6) is 0 Å². The molecule has 100 valence electrons. The molecular weight excluding hydrogens is 294 g/mol. The van der Waals surface area contributed by atoms with Crippen molar-refractivity contribution in [2.45, 2.75) is 26.7 Å². The molecule has 0 fully saturated rings. The molecule has 0 amide bonds. The second-order valence-electron chi connectivity index (χ2n) is 4.08. The molecule has 0 spiro atoms. The van der Waals surface area contributed by atoms with Gasteiger partial charge < -0.3 is 15.8 Å². The lowest BCUT2D eigenvalue weighted by atomic mass is 10.1. The van der Waals surface area contributed by atoms with E-state index < -0.39 is 0 Å². The fourth-order valence-corrected chi connectivity index (χ4v) is 2.41. The Morgan fingerprint density at radius 1 is 1.44 bits per heavy atom. The van der Waals surface area contributed by atoms with Crippen LogP contribution in [0.1, 0.15) is 32.3 Å². The van der Waals surface area contributed by atoms with E-state index >= 15 is 0 Å². The molecule has 4 nitrogen and oxygen atoms in total. The zero-order valence-corrected chi connectivity index (χ0v) is 12.4. The summed E-state index contributed by atoms with van der Waals surface area (Å²) in [5.41, 5.74) is 7.41. The maximum absolute atomic E-state index is 8.66. The second kappa shape index (κ2) is 7.26. The number of amidine groups is 1. The zero-order valence-electron chi connectivity index (χ0n) is 10.9. The molecule has 3 N–H and O–H groups in total. The predicted octanol–water partition coefficient (Wildman–Crippen LogP) is 3.17. The van der Waals surface area contributed by atoms with Crippen molar-refractivity contribution in [2.75, 3.05) is 18.0 Å². The van der Waals surface area contributed by atoms with Crippen molar-refractivity contribution in [2.24, 2.45) is 10.9 Å². The van der Waals surface area contributed by atoms with Crippen LogP contribution in [-0.2, 0) is 0 Å². The van der Waals surface area contributed by atoms with E-state index in [1.807, 2.05) is 18.2 Å². The van der Waals surface area contributed by atoms with Gasteiger partial charge in [-0.2, -0.15) is 0 Å². The van der Waals surface area contributed by atoms with Gasteiger partial charge in [0.15, 0.2) is 5.84 Å². The van der Waals surface area contributed by atoms with Gasteiger partial charge in [0.05, 0.1) is 5.69 Å². The van der Waals surface area contributed by atoms with Gasteiger partial charge in [-0.25, -0.2) is 0 Å². The summed E-state index contributed by atoms with van der Waals surface area (Å²) in [4.78, 5) is 2.31. The number of oxime groups is 1. The molecule has 1 aromatic rings. The fraction of sp³-hybridized carbons (Fsp3) is 0.462. The zero-order chi connectivity index (χ0) is 13.5. The first kappa shape index (κ1) is 14.8. The van der Waals surface area contributed by atoms with Crippen LogP contribution in [-0.4, -0.2) is 24.1 Å². The Balaban J connectivity index is 2.96. The fourth-order valence-electron chi connectivity index (χ4n) is 1.78. The smallest absolute Gasteiger partial charge is 0.170 e.